The summed E-state index contributed by atoms with van der Waals surface area (Å²) in [6.45, 7) is 4.38. The van der Waals surface area contributed by atoms with Crippen molar-refractivity contribution in [2.45, 2.75) is 39.0 Å². The highest BCUT2D eigenvalue weighted by molar-refractivity contribution is 7.19. The minimum atomic E-state index is -0.526. The van der Waals surface area contributed by atoms with Crippen molar-refractivity contribution >= 4 is 39.0 Å². The van der Waals surface area contributed by atoms with Gasteiger partial charge in [-0.2, -0.15) is 4.98 Å². The van der Waals surface area contributed by atoms with Gasteiger partial charge in [-0.1, -0.05) is 18.2 Å². The van der Waals surface area contributed by atoms with Gasteiger partial charge in [-0.3, -0.25) is 9.36 Å². The first-order chi connectivity index (χ1) is 12.8. The van der Waals surface area contributed by atoms with Crippen LogP contribution in [0.25, 0.3) is 10.2 Å². The number of aromatic nitrogens is 2. The fraction of sp³-hybridized carbons (Fsp3) is 0.316. The fourth-order valence-electron chi connectivity index (χ4n) is 3.30. The normalized spacial score (nSPS) is 15.5. The van der Waals surface area contributed by atoms with Crippen molar-refractivity contribution in [3.63, 3.8) is 0 Å². The van der Waals surface area contributed by atoms with Crippen LogP contribution in [0.2, 0.25) is 0 Å². The highest BCUT2D eigenvalue weighted by Crippen LogP contribution is 2.40. The zero-order chi connectivity index (χ0) is 19.2. The predicted molar refractivity (Wildman–Crippen MR) is 106 cm³/mol. The Morgan fingerprint density at radius 3 is 2.85 bits per heavy atom. The number of carbonyl (C=O) groups is 1. The van der Waals surface area contributed by atoms with Gasteiger partial charge < -0.3 is 15.8 Å². The quantitative estimate of drug-likeness (QED) is 0.723. The summed E-state index contributed by atoms with van der Waals surface area (Å²) in [4.78, 5) is 30.6. The van der Waals surface area contributed by atoms with E-state index < -0.39 is 5.69 Å². The zero-order valence-electron chi connectivity index (χ0n) is 15.1. The van der Waals surface area contributed by atoms with Gasteiger partial charge in [0.25, 0.3) is 0 Å². The molecule has 0 fully saturated rings. The summed E-state index contributed by atoms with van der Waals surface area (Å²) < 4.78 is 7.26. The molecule has 0 saturated carbocycles. The Bertz CT molecular complexity index is 1090. The Morgan fingerprint density at radius 2 is 2.11 bits per heavy atom. The molecule has 3 heterocycles. The molecule has 8 heteroatoms. The second-order valence-electron chi connectivity index (χ2n) is 7.19. The Labute approximate surface area is 159 Å². The van der Waals surface area contributed by atoms with Gasteiger partial charge >= 0.3 is 5.69 Å². The van der Waals surface area contributed by atoms with Gasteiger partial charge in [0.1, 0.15) is 17.2 Å². The van der Waals surface area contributed by atoms with Crippen LogP contribution >= 0.6 is 11.3 Å². The maximum Gasteiger partial charge on any atom is 0.351 e. The first-order valence-corrected chi connectivity index (χ1v) is 9.45. The van der Waals surface area contributed by atoms with Crippen molar-refractivity contribution in [2.24, 2.45) is 0 Å². The lowest BCUT2D eigenvalue weighted by atomic mass is 9.94. The lowest BCUT2D eigenvalue weighted by Gasteiger charge is -2.30. The minimum absolute atomic E-state index is 0.124. The third kappa shape index (κ3) is 3.33. The number of fused-ring (bicyclic) bond motifs is 3. The molecule has 4 rings (SSSR count). The Balaban J connectivity index is 1.74. The largest absolute Gasteiger partial charge is 0.383 e. The average Bonchev–Trinajstić information content (AvgIpc) is 2.97. The number of hydrogen-bond acceptors (Lipinski definition) is 6. The third-order valence-electron chi connectivity index (χ3n) is 4.58. The van der Waals surface area contributed by atoms with E-state index in [1.54, 1.807) is 12.1 Å². The molecule has 2 aromatic heterocycles. The van der Waals surface area contributed by atoms with Gasteiger partial charge in [-0.15, -0.1) is 11.3 Å². The van der Waals surface area contributed by atoms with Gasteiger partial charge in [0.05, 0.1) is 17.6 Å². The van der Waals surface area contributed by atoms with Crippen molar-refractivity contribution in [2.75, 3.05) is 11.1 Å². The van der Waals surface area contributed by atoms with E-state index in [4.69, 9.17) is 10.5 Å². The van der Waals surface area contributed by atoms with Crippen molar-refractivity contribution in [1.29, 1.82) is 0 Å². The molecule has 1 aliphatic heterocycles. The predicted octanol–water partition coefficient (Wildman–Crippen LogP) is 2.53. The molecule has 0 saturated heterocycles. The van der Waals surface area contributed by atoms with Crippen LogP contribution in [0.4, 0.5) is 11.5 Å². The number of rotatable bonds is 3. The van der Waals surface area contributed by atoms with Crippen LogP contribution in [0, 0.1) is 0 Å². The van der Waals surface area contributed by atoms with E-state index in [-0.39, 0.29) is 23.9 Å². The number of nitrogens with zero attached hydrogens (tertiary/aromatic N) is 2. The molecule has 1 aromatic carbocycles. The Hall–Kier alpha value is -2.71. The highest BCUT2D eigenvalue weighted by Gasteiger charge is 2.31. The Morgan fingerprint density at radius 1 is 1.37 bits per heavy atom. The SMILES string of the molecule is CC1(C)Cc2c(sc3c2c(N)nc(=O)n3CC(=O)Nc2ccccc2)CO1. The second kappa shape index (κ2) is 6.47. The summed E-state index contributed by atoms with van der Waals surface area (Å²) in [5.74, 6) is -0.0796. The van der Waals surface area contributed by atoms with Gasteiger partial charge in [0.15, 0.2) is 0 Å². The van der Waals surface area contributed by atoms with Gasteiger partial charge in [0, 0.05) is 17.0 Å². The van der Waals surface area contributed by atoms with Gasteiger partial charge in [-0.05, 0) is 31.5 Å². The molecule has 7 nitrogen and oxygen atoms in total. The van der Waals surface area contributed by atoms with Crippen molar-refractivity contribution in [3.8, 4) is 0 Å². The molecular weight excluding hydrogens is 364 g/mol. The van der Waals surface area contributed by atoms with E-state index in [2.05, 4.69) is 10.3 Å². The van der Waals surface area contributed by atoms with Crippen LogP contribution in [0.15, 0.2) is 35.1 Å². The Kier molecular flexibility index (Phi) is 4.24. The number of hydrogen-bond donors (Lipinski definition) is 2. The van der Waals surface area contributed by atoms with Gasteiger partial charge in [0.2, 0.25) is 5.91 Å². The lowest BCUT2D eigenvalue weighted by molar-refractivity contribution is -0.116. The van der Waals surface area contributed by atoms with E-state index in [0.29, 0.717) is 23.5 Å². The van der Waals surface area contributed by atoms with Crippen LogP contribution in [-0.4, -0.2) is 21.1 Å². The number of benzene rings is 1. The third-order valence-corrected chi connectivity index (χ3v) is 5.80. The molecule has 0 spiro atoms. The minimum Gasteiger partial charge on any atom is -0.383 e. The monoisotopic (exact) mass is 384 g/mol. The summed E-state index contributed by atoms with van der Waals surface area (Å²) in [6.07, 6.45) is 0.683. The summed E-state index contributed by atoms with van der Waals surface area (Å²) in [5.41, 5.74) is 6.99. The van der Waals surface area contributed by atoms with E-state index in [9.17, 15) is 9.59 Å². The summed E-state index contributed by atoms with van der Waals surface area (Å²) in [5, 5.41) is 3.56. The number of thiophene rings is 1. The molecule has 140 valence electrons. The average molecular weight is 384 g/mol. The zero-order valence-corrected chi connectivity index (χ0v) is 15.9. The molecule has 27 heavy (non-hydrogen) atoms. The molecule has 0 atom stereocenters. The van der Waals surface area contributed by atoms with Crippen LogP contribution in [0.1, 0.15) is 24.3 Å². The number of carbonyl (C=O) groups excluding carboxylic acids is 1. The molecule has 3 aromatic rings. The number of nitrogens with one attached hydrogen (secondary N) is 1. The van der Waals surface area contributed by atoms with E-state index in [1.807, 2.05) is 32.0 Å². The first kappa shape index (κ1) is 17.7. The second-order valence-corrected chi connectivity index (χ2v) is 8.27. The van der Waals surface area contributed by atoms with Crippen molar-refractivity contribution < 1.29 is 9.53 Å². The molecular formula is C19H20N4O3S. The number of anilines is 2. The highest BCUT2D eigenvalue weighted by atomic mass is 32.1. The lowest BCUT2D eigenvalue weighted by Crippen LogP contribution is -2.31. The maximum atomic E-state index is 12.5. The molecule has 3 N–H and O–H groups in total. The maximum absolute atomic E-state index is 12.5. The molecule has 0 bridgehead atoms. The first-order valence-electron chi connectivity index (χ1n) is 8.63. The van der Waals surface area contributed by atoms with E-state index in [0.717, 1.165) is 15.8 Å². The number of nitrogens with two attached hydrogens (primary N) is 1. The molecule has 1 aliphatic rings. The molecule has 1 amide bonds. The number of ether oxygens (including phenoxy) is 1. The van der Waals surface area contributed by atoms with Crippen molar-refractivity contribution in [3.05, 3.63) is 51.3 Å². The number of amides is 1. The smallest absolute Gasteiger partial charge is 0.351 e. The number of nitrogen functional groups attached to an aromatic ring is 1. The molecule has 0 unspecified atom stereocenters. The molecule has 0 radical (unpaired) electrons. The van der Waals surface area contributed by atoms with Gasteiger partial charge in [-0.25, -0.2) is 4.79 Å². The fourth-order valence-corrected chi connectivity index (χ4v) is 4.54. The topological polar surface area (TPSA) is 99.2 Å². The van der Waals surface area contributed by atoms with Crippen LogP contribution in [0.5, 0.6) is 0 Å². The number of para-hydroxylation sites is 1. The van der Waals surface area contributed by atoms with E-state index >= 15 is 0 Å². The van der Waals surface area contributed by atoms with Crippen molar-refractivity contribution in [1.82, 2.24) is 9.55 Å². The van der Waals surface area contributed by atoms with E-state index in [1.165, 1.54) is 15.9 Å². The van der Waals surface area contributed by atoms with Crippen LogP contribution in [0.3, 0.4) is 0 Å². The summed E-state index contributed by atoms with van der Waals surface area (Å²) >= 11 is 1.44. The van der Waals surface area contributed by atoms with Crippen LogP contribution in [-0.2, 0) is 29.1 Å². The molecule has 0 aliphatic carbocycles. The standard InChI is InChI=1S/C19H20N4O3S/c1-19(2)8-12-13(10-26-19)27-17-15(12)16(20)22-18(25)23(17)9-14(24)21-11-6-4-3-5-7-11/h3-7H,8-10H2,1-2H3,(H,21,24)(H2,20,22,25). The van der Waals surface area contributed by atoms with Crippen LogP contribution < -0.4 is 16.7 Å². The summed E-state index contributed by atoms with van der Waals surface area (Å²) in [6, 6.07) is 9.12. The summed E-state index contributed by atoms with van der Waals surface area (Å²) in [7, 11) is 0.